The minimum absolute atomic E-state index is 0.102. The van der Waals surface area contributed by atoms with E-state index in [0.717, 1.165) is 29.5 Å². The number of carbonyl (C=O) groups is 2. The van der Waals surface area contributed by atoms with Crippen LogP contribution in [-0.4, -0.2) is 53.5 Å². The number of anilines is 1. The van der Waals surface area contributed by atoms with Crippen LogP contribution < -0.4 is 4.72 Å². The van der Waals surface area contributed by atoms with Crippen LogP contribution in [0.2, 0.25) is 0 Å². The van der Waals surface area contributed by atoms with Crippen molar-refractivity contribution in [3.63, 3.8) is 0 Å². The third-order valence-electron chi connectivity index (χ3n) is 5.00. The lowest BCUT2D eigenvalue weighted by molar-refractivity contribution is 0.0532. The van der Waals surface area contributed by atoms with Crippen LogP contribution in [0.15, 0.2) is 36.4 Å². The van der Waals surface area contributed by atoms with Gasteiger partial charge >= 0.3 is 0 Å². The second kappa shape index (κ2) is 9.93. The number of benzene rings is 2. The molecule has 5 nitrogen and oxygen atoms in total. The molecule has 1 fully saturated rings. The fraction of sp³-hybridized carbons (Fsp3) is 0.364. The van der Waals surface area contributed by atoms with Gasteiger partial charge < -0.3 is 14.5 Å². The Hall–Kier alpha value is -2.61. The molecule has 0 aromatic heterocycles. The first-order valence-corrected chi connectivity index (χ1v) is 10.9. The number of carbonyl (C=O) groups excluding carboxylic acids is 2. The summed E-state index contributed by atoms with van der Waals surface area (Å²) in [6.45, 7) is 5.29. The van der Waals surface area contributed by atoms with Gasteiger partial charge in [0.2, 0.25) is 0 Å². The van der Waals surface area contributed by atoms with Gasteiger partial charge in [-0.1, -0.05) is 24.9 Å². The molecule has 30 heavy (non-hydrogen) atoms. The van der Waals surface area contributed by atoms with E-state index in [1.165, 1.54) is 17.0 Å². The fourth-order valence-corrected chi connectivity index (χ4v) is 3.97. The highest BCUT2D eigenvalue weighted by molar-refractivity contribution is 8.00. The number of piperazine rings is 1. The summed E-state index contributed by atoms with van der Waals surface area (Å²) in [6, 6.07) is 9.12. The van der Waals surface area contributed by atoms with Crippen molar-refractivity contribution in [3.8, 4) is 0 Å². The minimum atomic E-state index is -1.14. The summed E-state index contributed by atoms with van der Waals surface area (Å²) in [5.41, 5.74) is 2.28. The summed E-state index contributed by atoms with van der Waals surface area (Å²) in [7, 11) is 0. The molecule has 2 aromatic rings. The molecule has 1 saturated heterocycles. The zero-order valence-electron chi connectivity index (χ0n) is 17.1. The van der Waals surface area contributed by atoms with E-state index < -0.39 is 17.5 Å². The Morgan fingerprint density at radius 1 is 1.03 bits per heavy atom. The van der Waals surface area contributed by atoms with Crippen LogP contribution in [0.25, 0.3) is 0 Å². The second-order valence-electron chi connectivity index (χ2n) is 7.17. The van der Waals surface area contributed by atoms with E-state index in [4.69, 9.17) is 0 Å². The van der Waals surface area contributed by atoms with Gasteiger partial charge in [-0.25, -0.2) is 8.78 Å². The molecule has 2 amide bonds. The Kier molecular flexibility index (Phi) is 7.31. The normalized spacial score (nSPS) is 14.0. The number of amides is 2. The number of halogens is 2. The van der Waals surface area contributed by atoms with Crippen LogP contribution >= 0.6 is 11.9 Å². The van der Waals surface area contributed by atoms with E-state index in [-0.39, 0.29) is 24.6 Å². The number of nitrogens with zero attached hydrogens (tertiary/aromatic N) is 2. The van der Waals surface area contributed by atoms with E-state index >= 15 is 0 Å². The van der Waals surface area contributed by atoms with Crippen molar-refractivity contribution in [2.75, 3.05) is 36.7 Å². The van der Waals surface area contributed by atoms with Crippen molar-refractivity contribution < 1.29 is 18.4 Å². The van der Waals surface area contributed by atoms with Crippen LogP contribution in [0, 0.1) is 18.6 Å². The highest BCUT2D eigenvalue weighted by Crippen LogP contribution is 2.22. The Balaban J connectivity index is 1.60. The van der Waals surface area contributed by atoms with Gasteiger partial charge in [0.05, 0.1) is 5.56 Å². The van der Waals surface area contributed by atoms with E-state index in [2.05, 4.69) is 11.6 Å². The summed E-state index contributed by atoms with van der Waals surface area (Å²) in [5, 5.41) is 0. The second-order valence-corrected chi connectivity index (χ2v) is 8.07. The molecule has 1 heterocycles. The lowest BCUT2D eigenvalue weighted by Gasteiger charge is -2.35. The zero-order valence-corrected chi connectivity index (χ0v) is 17.9. The highest BCUT2D eigenvalue weighted by atomic mass is 32.2. The van der Waals surface area contributed by atoms with Crippen molar-refractivity contribution in [2.24, 2.45) is 0 Å². The van der Waals surface area contributed by atoms with Crippen molar-refractivity contribution in [2.45, 2.75) is 20.3 Å². The Labute approximate surface area is 179 Å². The molecule has 1 N–H and O–H groups in total. The number of rotatable bonds is 6. The van der Waals surface area contributed by atoms with Crippen LogP contribution in [0.5, 0.6) is 0 Å². The van der Waals surface area contributed by atoms with Gasteiger partial charge in [0.25, 0.3) is 11.8 Å². The molecular formula is C22H25F2N3O2S. The smallest absolute Gasteiger partial charge is 0.257 e. The lowest BCUT2D eigenvalue weighted by atomic mass is 10.1. The maximum atomic E-state index is 13.9. The van der Waals surface area contributed by atoms with Gasteiger partial charge in [-0.3, -0.25) is 9.59 Å². The highest BCUT2D eigenvalue weighted by Gasteiger charge is 2.27. The van der Waals surface area contributed by atoms with Gasteiger partial charge in [0.1, 0.15) is 0 Å². The number of hydrogen-bond acceptors (Lipinski definition) is 4. The molecule has 3 rings (SSSR count). The summed E-state index contributed by atoms with van der Waals surface area (Å²) in [6.07, 6.45) is 1.08. The predicted octanol–water partition coefficient (Wildman–Crippen LogP) is 4.34. The van der Waals surface area contributed by atoms with Gasteiger partial charge in [0, 0.05) is 43.2 Å². The summed E-state index contributed by atoms with van der Waals surface area (Å²) < 4.78 is 30.6. The third kappa shape index (κ3) is 4.92. The third-order valence-corrected chi connectivity index (χ3v) is 5.97. The van der Waals surface area contributed by atoms with E-state index in [1.807, 2.05) is 19.1 Å². The van der Waals surface area contributed by atoms with Crippen LogP contribution in [-0.2, 0) is 0 Å². The molecule has 160 valence electrons. The molecule has 8 heteroatoms. The quantitative estimate of drug-likeness (QED) is 0.544. The summed E-state index contributed by atoms with van der Waals surface area (Å²) in [4.78, 5) is 28.5. The molecule has 0 bridgehead atoms. The van der Waals surface area contributed by atoms with Crippen LogP contribution in [0.4, 0.5) is 14.5 Å². The molecule has 0 radical (unpaired) electrons. The monoisotopic (exact) mass is 433 g/mol. The first kappa shape index (κ1) is 22.1. The Bertz CT molecular complexity index is 931. The van der Waals surface area contributed by atoms with Crippen molar-refractivity contribution >= 4 is 29.4 Å². The molecule has 1 aliphatic rings. The van der Waals surface area contributed by atoms with E-state index in [1.54, 1.807) is 22.9 Å². The van der Waals surface area contributed by atoms with E-state index in [0.29, 0.717) is 18.7 Å². The Morgan fingerprint density at radius 2 is 1.70 bits per heavy atom. The minimum Gasteiger partial charge on any atom is -0.335 e. The number of hydrogen-bond donors (Lipinski definition) is 1. The molecule has 0 atom stereocenters. The van der Waals surface area contributed by atoms with E-state index in [9.17, 15) is 18.4 Å². The average Bonchev–Trinajstić information content (AvgIpc) is 2.76. The maximum absolute atomic E-state index is 13.9. The molecule has 2 aromatic carbocycles. The number of nitrogens with one attached hydrogen (secondary N) is 1. The van der Waals surface area contributed by atoms with Gasteiger partial charge in [-0.05, 0) is 49.2 Å². The largest absolute Gasteiger partial charge is 0.335 e. The molecule has 0 aliphatic carbocycles. The lowest BCUT2D eigenvalue weighted by Crippen LogP contribution is -2.50. The maximum Gasteiger partial charge on any atom is 0.257 e. The molecule has 0 spiro atoms. The first-order valence-electron chi connectivity index (χ1n) is 9.93. The van der Waals surface area contributed by atoms with Gasteiger partial charge in [-0.2, -0.15) is 0 Å². The zero-order chi connectivity index (χ0) is 21.7. The topological polar surface area (TPSA) is 52.7 Å². The van der Waals surface area contributed by atoms with Crippen molar-refractivity contribution in [1.82, 2.24) is 9.80 Å². The molecular weight excluding hydrogens is 408 g/mol. The molecule has 1 aliphatic heterocycles. The standard InChI is InChI=1S/C22H25F2N3O2S/c1-3-13-30-25-19-8-7-16(14-15(19)2)21(28)26-9-11-27(12-10-26)22(29)17-5-4-6-18(23)20(17)24/h4-8,14,25H,3,9-13H2,1-2H3. The van der Waals surface area contributed by atoms with Crippen LogP contribution in [0.3, 0.4) is 0 Å². The van der Waals surface area contributed by atoms with Gasteiger partial charge in [-0.15, -0.1) is 0 Å². The van der Waals surface area contributed by atoms with Crippen molar-refractivity contribution in [1.29, 1.82) is 0 Å². The molecule has 0 unspecified atom stereocenters. The first-order chi connectivity index (χ1) is 14.4. The van der Waals surface area contributed by atoms with Crippen LogP contribution in [0.1, 0.15) is 39.6 Å². The summed E-state index contributed by atoms with van der Waals surface area (Å²) >= 11 is 1.63. The Morgan fingerprint density at radius 3 is 2.33 bits per heavy atom. The predicted molar refractivity (Wildman–Crippen MR) is 116 cm³/mol. The summed E-state index contributed by atoms with van der Waals surface area (Å²) in [5.74, 6) is -1.84. The van der Waals surface area contributed by atoms with Crippen molar-refractivity contribution in [3.05, 3.63) is 64.7 Å². The molecule has 0 saturated carbocycles. The SMILES string of the molecule is CCCSNc1ccc(C(=O)N2CCN(C(=O)c3cccc(F)c3F)CC2)cc1C. The average molecular weight is 434 g/mol. The van der Waals surface area contributed by atoms with Gasteiger partial charge in [0.15, 0.2) is 11.6 Å². The number of aryl methyl sites for hydroxylation is 1. The fourth-order valence-electron chi connectivity index (χ4n) is 3.28.